The highest BCUT2D eigenvalue weighted by atomic mass is 28.4. The molecule has 0 radical (unpaired) electrons. The number of methoxy groups -OCH3 is 1. The zero-order chi connectivity index (χ0) is 21.3. The lowest BCUT2D eigenvalue weighted by Gasteiger charge is -2.37. The average molecular weight is 409 g/mol. The lowest BCUT2D eigenvalue weighted by Crippen LogP contribution is -2.44. The molecular weight excluding hydrogens is 368 g/mol. The van der Waals surface area contributed by atoms with Crippen molar-refractivity contribution in [1.82, 2.24) is 0 Å². The van der Waals surface area contributed by atoms with Crippen LogP contribution in [0.3, 0.4) is 0 Å². The van der Waals surface area contributed by atoms with E-state index < -0.39 is 8.32 Å². The number of aryl methyl sites for hydroxylation is 1. The molecule has 28 heavy (non-hydrogen) atoms. The van der Waals surface area contributed by atoms with E-state index in [2.05, 4.69) is 73.7 Å². The summed E-state index contributed by atoms with van der Waals surface area (Å²) in [6, 6.07) is 4.30. The van der Waals surface area contributed by atoms with Gasteiger partial charge in [-0.15, -0.1) is 0 Å². The molecule has 5 heteroatoms. The van der Waals surface area contributed by atoms with E-state index in [1.54, 1.807) is 7.11 Å². The first kappa shape index (κ1) is 23.2. The SMILES string of the molecule is COCOc1cc(C)c(O[Si](C)(C)C(C)(C)C)cc1[C@@H](C)CC[C@H]1OC1(C)C. The summed E-state index contributed by atoms with van der Waals surface area (Å²) in [7, 11) is -0.258. The largest absolute Gasteiger partial charge is 0.543 e. The van der Waals surface area contributed by atoms with Gasteiger partial charge >= 0.3 is 0 Å². The summed E-state index contributed by atoms with van der Waals surface area (Å²) >= 11 is 0. The Morgan fingerprint density at radius 3 is 2.29 bits per heavy atom. The second kappa shape index (κ2) is 8.37. The molecule has 0 spiro atoms. The number of ether oxygens (including phenoxy) is 3. The van der Waals surface area contributed by atoms with E-state index in [-0.39, 0.29) is 17.4 Å². The maximum atomic E-state index is 6.65. The Morgan fingerprint density at radius 1 is 1.18 bits per heavy atom. The third-order valence-corrected chi connectivity index (χ3v) is 10.7. The fourth-order valence-corrected chi connectivity index (χ4v) is 4.22. The lowest BCUT2D eigenvalue weighted by atomic mass is 9.92. The van der Waals surface area contributed by atoms with Crippen LogP contribution in [0.4, 0.5) is 0 Å². The smallest absolute Gasteiger partial charge is 0.250 e. The monoisotopic (exact) mass is 408 g/mol. The molecule has 0 saturated carbocycles. The average Bonchev–Trinajstić information content (AvgIpc) is 3.18. The standard InChI is InChI=1S/C23H40O4Si/c1-16(11-12-21-23(6,7)26-21)18-14-19(27-28(9,10)22(3,4)5)17(2)13-20(18)25-15-24-8/h13-14,16,21H,11-12,15H2,1-10H3/t16-,21+/m0/s1. The molecule has 1 aromatic rings. The van der Waals surface area contributed by atoms with Crippen molar-refractivity contribution in [3.63, 3.8) is 0 Å². The van der Waals surface area contributed by atoms with E-state index in [1.807, 2.05) is 0 Å². The minimum Gasteiger partial charge on any atom is -0.543 e. The van der Waals surface area contributed by atoms with Crippen molar-refractivity contribution < 1.29 is 18.6 Å². The van der Waals surface area contributed by atoms with Crippen molar-refractivity contribution >= 4 is 8.32 Å². The van der Waals surface area contributed by atoms with Crippen LogP contribution >= 0.6 is 0 Å². The van der Waals surface area contributed by atoms with Gasteiger partial charge in [-0.05, 0) is 75.4 Å². The van der Waals surface area contributed by atoms with Gasteiger partial charge in [-0.25, -0.2) is 0 Å². The molecular formula is C23H40O4Si. The first-order chi connectivity index (χ1) is 12.8. The third-order valence-electron chi connectivity index (χ3n) is 6.37. The van der Waals surface area contributed by atoms with E-state index in [0.717, 1.165) is 29.9 Å². The second-order valence-corrected chi connectivity index (χ2v) is 15.0. The number of hydrogen-bond acceptors (Lipinski definition) is 4. The fraction of sp³-hybridized carbons (Fsp3) is 0.739. The summed E-state index contributed by atoms with van der Waals surface area (Å²) in [6.07, 6.45) is 2.48. The van der Waals surface area contributed by atoms with Gasteiger partial charge < -0.3 is 18.6 Å². The van der Waals surface area contributed by atoms with Crippen molar-refractivity contribution in [1.29, 1.82) is 0 Å². The van der Waals surface area contributed by atoms with Gasteiger partial charge in [0.2, 0.25) is 8.32 Å². The Morgan fingerprint density at radius 2 is 1.79 bits per heavy atom. The molecule has 1 aliphatic rings. The minimum absolute atomic E-state index is 0.0407. The molecule has 0 aromatic heterocycles. The zero-order valence-electron chi connectivity index (χ0n) is 19.6. The van der Waals surface area contributed by atoms with Crippen LogP contribution in [0.2, 0.25) is 18.1 Å². The van der Waals surface area contributed by atoms with Crippen LogP contribution in [-0.2, 0) is 9.47 Å². The van der Waals surface area contributed by atoms with E-state index in [1.165, 1.54) is 5.56 Å². The first-order valence-electron chi connectivity index (χ1n) is 10.4. The molecule has 2 rings (SSSR count). The Labute approximate surface area is 173 Å². The third kappa shape index (κ3) is 5.52. The van der Waals surface area contributed by atoms with Crippen molar-refractivity contribution in [2.24, 2.45) is 0 Å². The number of epoxide rings is 1. The van der Waals surface area contributed by atoms with Crippen molar-refractivity contribution in [2.45, 2.75) is 97.1 Å². The van der Waals surface area contributed by atoms with Crippen LogP contribution < -0.4 is 9.16 Å². The molecule has 160 valence electrons. The zero-order valence-corrected chi connectivity index (χ0v) is 20.6. The van der Waals surface area contributed by atoms with Gasteiger partial charge in [0.15, 0.2) is 6.79 Å². The highest BCUT2D eigenvalue weighted by Gasteiger charge is 2.47. The summed E-state index contributed by atoms with van der Waals surface area (Å²) < 4.78 is 23.5. The van der Waals surface area contributed by atoms with Crippen LogP contribution in [0.5, 0.6) is 11.5 Å². The molecule has 0 amide bonds. The summed E-state index contributed by atoms with van der Waals surface area (Å²) in [5.41, 5.74) is 2.34. The highest BCUT2D eigenvalue weighted by Crippen LogP contribution is 2.43. The van der Waals surface area contributed by atoms with Crippen LogP contribution in [0.1, 0.15) is 71.4 Å². The molecule has 0 N–H and O–H groups in total. The molecule has 0 bridgehead atoms. The summed E-state index contributed by atoms with van der Waals surface area (Å²) in [6.45, 7) is 20.3. The molecule has 1 aromatic carbocycles. The number of hydrogen-bond donors (Lipinski definition) is 0. The van der Waals surface area contributed by atoms with Gasteiger partial charge in [-0.1, -0.05) is 27.7 Å². The molecule has 1 saturated heterocycles. The first-order valence-corrected chi connectivity index (χ1v) is 13.3. The highest BCUT2D eigenvalue weighted by molar-refractivity contribution is 6.74. The topological polar surface area (TPSA) is 40.2 Å². The number of rotatable bonds is 9. The maximum Gasteiger partial charge on any atom is 0.250 e. The van der Waals surface area contributed by atoms with Gasteiger partial charge in [-0.2, -0.15) is 0 Å². The summed E-state index contributed by atoms with van der Waals surface area (Å²) in [4.78, 5) is 0. The van der Waals surface area contributed by atoms with E-state index >= 15 is 0 Å². The lowest BCUT2D eigenvalue weighted by molar-refractivity contribution is 0.0501. The van der Waals surface area contributed by atoms with Crippen LogP contribution in [0.15, 0.2) is 12.1 Å². The molecule has 4 nitrogen and oxygen atoms in total. The molecule has 1 fully saturated rings. The molecule has 1 heterocycles. The molecule has 0 aliphatic carbocycles. The van der Waals surface area contributed by atoms with Gasteiger partial charge in [0, 0.05) is 12.7 Å². The van der Waals surface area contributed by atoms with Crippen LogP contribution in [-0.4, -0.2) is 33.9 Å². The predicted octanol–water partition coefficient (Wildman–Crippen LogP) is 6.42. The molecule has 1 aliphatic heterocycles. The van der Waals surface area contributed by atoms with Gasteiger partial charge in [0.05, 0.1) is 11.7 Å². The normalized spacial score (nSPS) is 20.0. The number of benzene rings is 1. The predicted molar refractivity (Wildman–Crippen MR) is 118 cm³/mol. The van der Waals surface area contributed by atoms with Gasteiger partial charge in [0.1, 0.15) is 11.5 Å². The van der Waals surface area contributed by atoms with E-state index in [9.17, 15) is 0 Å². The Kier molecular flexibility index (Phi) is 6.94. The molecule has 0 unspecified atom stereocenters. The van der Waals surface area contributed by atoms with Crippen molar-refractivity contribution in [2.75, 3.05) is 13.9 Å². The summed E-state index contributed by atoms with van der Waals surface area (Å²) in [5.74, 6) is 2.24. The fourth-order valence-electron chi connectivity index (χ4n) is 3.14. The van der Waals surface area contributed by atoms with E-state index in [4.69, 9.17) is 18.6 Å². The Hall–Kier alpha value is -1.04. The minimum atomic E-state index is -1.91. The van der Waals surface area contributed by atoms with Crippen LogP contribution in [0.25, 0.3) is 0 Å². The van der Waals surface area contributed by atoms with Crippen molar-refractivity contribution in [3.8, 4) is 11.5 Å². The maximum absolute atomic E-state index is 6.65. The Bertz CT molecular complexity index is 676. The van der Waals surface area contributed by atoms with E-state index in [0.29, 0.717) is 12.0 Å². The quantitative estimate of drug-likeness (QED) is 0.268. The summed E-state index contributed by atoms with van der Waals surface area (Å²) in [5, 5.41) is 0.158. The Balaban J connectivity index is 2.26. The molecule has 2 atom stereocenters. The van der Waals surface area contributed by atoms with Gasteiger partial charge in [0.25, 0.3) is 0 Å². The second-order valence-electron chi connectivity index (χ2n) is 10.3. The van der Waals surface area contributed by atoms with Gasteiger partial charge in [-0.3, -0.25) is 0 Å². The van der Waals surface area contributed by atoms with Crippen molar-refractivity contribution in [3.05, 3.63) is 23.3 Å². The van der Waals surface area contributed by atoms with Crippen LogP contribution in [0, 0.1) is 6.92 Å².